The SMILES string of the molecule is C=C(C)C(=O)OC(C)[N+](C)(C)C(O)(CC)S(=O)(=O)O. The van der Waals surface area contributed by atoms with Gasteiger partial charge < -0.3 is 9.84 Å². The Morgan fingerprint density at radius 2 is 1.89 bits per heavy atom. The zero-order valence-corrected chi connectivity index (χ0v) is 12.7. The van der Waals surface area contributed by atoms with E-state index in [1.807, 2.05) is 0 Å². The van der Waals surface area contributed by atoms with Gasteiger partial charge in [0.25, 0.3) is 0 Å². The second kappa shape index (κ2) is 5.58. The first-order valence-electron chi connectivity index (χ1n) is 5.71. The molecule has 0 aliphatic heterocycles. The van der Waals surface area contributed by atoms with Crippen LogP contribution in [0.2, 0.25) is 0 Å². The van der Waals surface area contributed by atoms with Crippen LogP contribution in [0.4, 0.5) is 0 Å². The van der Waals surface area contributed by atoms with Crippen molar-refractivity contribution < 1.29 is 32.1 Å². The van der Waals surface area contributed by atoms with Crippen LogP contribution in [0.25, 0.3) is 0 Å². The molecule has 8 heteroatoms. The number of hydrogen-bond acceptors (Lipinski definition) is 5. The third-order valence-electron chi connectivity index (χ3n) is 3.31. The van der Waals surface area contributed by atoms with Crippen LogP contribution in [0, 0.1) is 0 Å². The fourth-order valence-corrected chi connectivity index (χ4v) is 2.67. The van der Waals surface area contributed by atoms with Crippen molar-refractivity contribution in [1.82, 2.24) is 0 Å². The Morgan fingerprint density at radius 3 is 2.16 bits per heavy atom. The summed E-state index contributed by atoms with van der Waals surface area (Å²) in [6.45, 7) is 7.69. The van der Waals surface area contributed by atoms with Crippen molar-refractivity contribution in [1.29, 1.82) is 0 Å². The monoisotopic (exact) mass is 296 g/mol. The van der Waals surface area contributed by atoms with Crippen molar-refractivity contribution in [3.63, 3.8) is 0 Å². The number of carbonyl (C=O) groups is 1. The number of esters is 1. The van der Waals surface area contributed by atoms with Gasteiger partial charge in [0.1, 0.15) is 0 Å². The summed E-state index contributed by atoms with van der Waals surface area (Å²) in [4.78, 5) is 11.4. The summed E-state index contributed by atoms with van der Waals surface area (Å²) in [5.41, 5.74) is 0.152. The van der Waals surface area contributed by atoms with Gasteiger partial charge in [0, 0.05) is 18.9 Å². The molecule has 0 heterocycles. The number of quaternary nitrogens is 1. The van der Waals surface area contributed by atoms with E-state index in [1.165, 1.54) is 34.9 Å². The Bertz CT molecular complexity index is 470. The van der Waals surface area contributed by atoms with E-state index < -0.39 is 31.9 Å². The minimum absolute atomic E-state index is 0.152. The van der Waals surface area contributed by atoms with Gasteiger partial charge in [-0.1, -0.05) is 13.5 Å². The Balaban J connectivity index is 5.47. The molecule has 0 aromatic carbocycles. The van der Waals surface area contributed by atoms with E-state index in [4.69, 9.17) is 4.74 Å². The summed E-state index contributed by atoms with van der Waals surface area (Å²) in [5.74, 6) is -0.701. The molecule has 2 atom stereocenters. The average molecular weight is 296 g/mol. The summed E-state index contributed by atoms with van der Waals surface area (Å²) in [6.07, 6.45) is -1.27. The van der Waals surface area contributed by atoms with E-state index in [9.17, 15) is 22.9 Å². The lowest BCUT2D eigenvalue weighted by atomic mass is 10.3. The fraction of sp³-hybridized carbons (Fsp3) is 0.727. The predicted molar refractivity (Wildman–Crippen MR) is 69.3 cm³/mol. The highest BCUT2D eigenvalue weighted by atomic mass is 32.2. The van der Waals surface area contributed by atoms with Gasteiger partial charge in [-0.15, -0.1) is 0 Å². The van der Waals surface area contributed by atoms with Crippen molar-refractivity contribution in [2.75, 3.05) is 14.1 Å². The maximum Gasteiger partial charge on any atom is 0.350 e. The minimum atomic E-state index is -4.76. The normalized spacial score (nSPS) is 17.4. The molecule has 0 rings (SSSR count). The van der Waals surface area contributed by atoms with Crippen LogP contribution in [0.5, 0.6) is 0 Å². The first-order valence-corrected chi connectivity index (χ1v) is 7.15. The molecule has 0 aliphatic carbocycles. The molecule has 0 aliphatic rings. The van der Waals surface area contributed by atoms with Gasteiger partial charge in [-0.05, 0) is 6.92 Å². The molecule has 0 bridgehead atoms. The molecule has 19 heavy (non-hydrogen) atoms. The molecule has 2 N–H and O–H groups in total. The van der Waals surface area contributed by atoms with E-state index in [0.29, 0.717) is 0 Å². The lowest BCUT2D eigenvalue weighted by Gasteiger charge is -2.44. The largest absolute Gasteiger partial charge is 0.409 e. The predicted octanol–water partition coefficient (Wildman–Crippen LogP) is 0.472. The van der Waals surface area contributed by atoms with Crippen molar-refractivity contribution in [2.24, 2.45) is 0 Å². The first-order chi connectivity index (χ1) is 8.31. The standard InChI is InChI=1S/C11H21NO6S/c1-7-11(14,19(15,16)17)12(5,6)9(4)18-10(13)8(2)3/h9,14H,2,7H2,1,3-6H3/p+1. The molecule has 0 radical (unpaired) electrons. The molecule has 0 saturated carbocycles. The Morgan fingerprint density at radius 1 is 1.47 bits per heavy atom. The third kappa shape index (κ3) is 3.33. The van der Waals surface area contributed by atoms with Crippen molar-refractivity contribution in [3.8, 4) is 0 Å². The summed E-state index contributed by atoms with van der Waals surface area (Å²) in [5, 5.41) is 7.76. The average Bonchev–Trinajstić information content (AvgIpc) is 2.25. The van der Waals surface area contributed by atoms with Crippen LogP contribution in [-0.4, -0.2) is 53.9 Å². The fourth-order valence-electron chi connectivity index (χ4n) is 1.56. The van der Waals surface area contributed by atoms with Crippen molar-refractivity contribution >= 4 is 16.1 Å². The van der Waals surface area contributed by atoms with Gasteiger partial charge in [-0.3, -0.25) is 9.04 Å². The molecular formula is C11H22NO6S+. The van der Waals surface area contributed by atoms with E-state index >= 15 is 0 Å². The first kappa shape index (κ1) is 18.0. The van der Waals surface area contributed by atoms with Gasteiger partial charge in [0.15, 0.2) is 0 Å². The Labute approximate surface area is 113 Å². The number of hydrogen-bond donors (Lipinski definition) is 2. The lowest BCUT2D eigenvalue weighted by Crippen LogP contribution is -2.67. The van der Waals surface area contributed by atoms with Crippen LogP contribution in [0.1, 0.15) is 27.2 Å². The van der Waals surface area contributed by atoms with Crippen LogP contribution in [-0.2, 0) is 19.6 Å². The van der Waals surface area contributed by atoms with Gasteiger partial charge in [-0.25, -0.2) is 4.79 Å². The molecule has 0 fully saturated rings. The Kier molecular flexibility index (Phi) is 5.29. The van der Waals surface area contributed by atoms with Gasteiger partial charge in [-0.2, -0.15) is 8.42 Å². The van der Waals surface area contributed by atoms with Crippen molar-refractivity contribution in [3.05, 3.63) is 12.2 Å². The van der Waals surface area contributed by atoms with Crippen LogP contribution in [0.15, 0.2) is 12.2 Å². The van der Waals surface area contributed by atoms with E-state index in [0.717, 1.165) is 0 Å². The van der Waals surface area contributed by atoms with Gasteiger partial charge in [0.05, 0.1) is 14.1 Å². The van der Waals surface area contributed by atoms with Crippen LogP contribution >= 0.6 is 0 Å². The number of carbonyl (C=O) groups excluding carboxylic acids is 1. The molecular weight excluding hydrogens is 274 g/mol. The summed E-state index contributed by atoms with van der Waals surface area (Å²) >= 11 is 0. The molecule has 7 nitrogen and oxygen atoms in total. The second-order valence-electron chi connectivity index (χ2n) is 4.90. The molecule has 0 aromatic heterocycles. The van der Waals surface area contributed by atoms with E-state index in [-0.39, 0.29) is 12.0 Å². The summed E-state index contributed by atoms with van der Waals surface area (Å²) in [6, 6.07) is 0. The highest BCUT2D eigenvalue weighted by Gasteiger charge is 2.57. The molecule has 2 unspecified atom stereocenters. The maximum atomic E-state index is 11.4. The highest BCUT2D eigenvalue weighted by Crippen LogP contribution is 2.30. The summed E-state index contributed by atoms with van der Waals surface area (Å²) < 4.78 is 36.4. The number of aliphatic hydroxyl groups is 1. The molecule has 112 valence electrons. The third-order valence-corrected chi connectivity index (χ3v) is 4.89. The van der Waals surface area contributed by atoms with Crippen molar-refractivity contribution in [2.45, 2.75) is 38.5 Å². The van der Waals surface area contributed by atoms with Crippen LogP contribution < -0.4 is 0 Å². The number of rotatable bonds is 6. The van der Waals surface area contributed by atoms with Crippen LogP contribution in [0.3, 0.4) is 0 Å². The lowest BCUT2D eigenvalue weighted by molar-refractivity contribution is -0.986. The zero-order chi connectivity index (χ0) is 15.6. The topological polar surface area (TPSA) is 101 Å². The maximum absolute atomic E-state index is 11.4. The summed E-state index contributed by atoms with van der Waals surface area (Å²) in [7, 11) is -2.08. The smallest absolute Gasteiger partial charge is 0.350 e. The second-order valence-corrected chi connectivity index (χ2v) is 6.50. The van der Waals surface area contributed by atoms with E-state index in [1.54, 1.807) is 0 Å². The minimum Gasteiger partial charge on any atom is -0.409 e. The molecule has 0 saturated heterocycles. The number of nitrogens with zero attached hydrogens (tertiary/aromatic N) is 1. The van der Waals surface area contributed by atoms with Gasteiger partial charge >= 0.3 is 21.1 Å². The quantitative estimate of drug-likeness (QED) is 0.243. The van der Waals surface area contributed by atoms with Gasteiger partial charge in [0.2, 0.25) is 6.23 Å². The molecule has 0 spiro atoms. The number of ether oxygens (including phenoxy) is 1. The zero-order valence-electron chi connectivity index (χ0n) is 11.9. The molecule has 0 aromatic rings. The van der Waals surface area contributed by atoms with E-state index in [2.05, 4.69) is 6.58 Å². The molecule has 0 amide bonds. The highest BCUT2D eigenvalue weighted by molar-refractivity contribution is 7.86. The Hall–Kier alpha value is -0.960.